The molecule has 0 radical (unpaired) electrons. The smallest absolute Gasteiger partial charge is 0.315 e. The fraction of sp³-hybridized carbons (Fsp3) is 0.400. The summed E-state index contributed by atoms with van der Waals surface area (Å²) in [5.74, 6) is 2.60. The van der Waals surface area contributed by atoms with Gasteiger partial charge in [0, 0.05) is 13.0 Å². The molecule has 0 heterocycles. The first-order chi connectivity index (χ1) is 8.77. The van der Waals surface area contributed by atoms with Gasteiger partial charge in [-0.15, -0.1) is 12.3 Å². The van der Waals surface area contributed by atoms with E-state index in [0.717, 1.165) is 18.4 Å². The van der Waals surface area contributed by atoms with Crippen LogP contribution in [0.3, 0.4) is 0 Å². The highest BCUT2D eigenvalue weighted by Gasteiger charge is 2.12. The van der Waals surface area contributed by atoms with E-state index in [1.165, 1.54) is 0 Å². The van der Waals surface area contributed by atoms with Crippen molar-refractivity contribution in [1.29, 1.82) is 0 Å². The van der Waals surface area contributed by atoms with Gasteiger partial charge in [0.25, 0.3) is 0 Å². The maximum absolute atomic E-state index is 11.7. The number of terminal acetylenes is 1. The Kier molecular flexibility index (Phi) is 6.42. The number of nitrogens with one attached hydrogen (secondary N) is 2. The lowest BCUT2D eigenvalue weighted by atomic mass is 10.0. The molecule has 2 N–H and O–H groups in total. The van der Waals surface area contributed by atoms with Crippen LogP contribution in [0.25, 0.3) is 0 Å². The Morgan fingerprint density at radius 2 is 2.11 bits per heavy atom. The van der Waals surface area contributed by atoms with Crippen LogP contribution in [0.15, 0.2) is 30.3 Å². The third kappa shape index (κ3) is 4.92. The lowest BCUT2D eigenvalue weighted by Gasteiger charge is -2.17. The molecule has 0 saturated heterocycles. The van der Waals surface area contributed by atoms with Crippen molar-refractivity contribution in [3.05, 3.63) is 35.9 Å². The Balaban J connectivity index is 2.53. The lowest BCUT2D eigenvalue weighted by molar-refractivity contribution is 0.237. The SMILES string of the molecule is C#CC[C@@H](NC(=O)NCCCC)c1ccccc1. The van der Waals surface area contributed by atoms with Gasteiger partial charge in [-0.25, -0.2) is 4.79 Å². The second-order valence-electron chi connectivity index (χ2n) is 4.13. The number of carbonyl (C=O) groups excluding carboxylic acids is 1. The maximum atomic E-state index is 11.7. The minimum Gasteiger partial charge on any atom is -0.338 e. The number of unbranched alkanes of at least 4 members (excludes halogenated alkanes) is 1. The van der Waals surface area contributed by atoms with Crippen LogP contribution in [0.4, 0.5) is 4.79 Å². The zero-order chi connectivity index (χ0) is 13.2. The summed E-state index contributed by atoms with van der Waals surface area (Å²) in [6, 6.07) is 9.47. The van der Waals surface area contributed by atoms with Gasteiger partial charge in [-0.2, -0.15) is 0 Å². The summed E-state index contributed by atoms with van der Waals surface area (Å²) in [6.45, 7) is 2.78. The molecule has 1 aromatic rings. The zero-order valence-electron chi connectivity index (χ0n) is 10.8. The largest absolute Gasteiger partial charge is 0.338 e. The predicted octanol–water partition coefficient (Wildman–Crippen LogP) is 2.85. The van der Waals surface area contributed by atoms with E-state index in [9.17, 15) is 4.79 Å². The molecule has 1 rings (SSSR count). The Hall–Kier alpha value is -1.95. The average Bonchev–Trinajstić information content (AvgIpc) is 2.39. The van der Waals surface area contributed by atoms with Crippen molar-refractivity contribution in [1.82, 2.24) is 10.6 Å². The normalized spacial score (nSPS) is 11.3. The number of hydrogen-bond acceptors (Lipinski definition) is 1. The third-order valence-electron chi connectivity index (χ3n) is 2.65. The highest BCUT2D eigenvalue weighted by Crippen LogP contribution is 2.15. The van der Waals surface area contributed by atoms with E-state index in [0.29, 0.717) is 13.0 Å². The van der Waals surface area contributed by atoms with Crippen molar-refractivity contribution in [2.45, 2.75) is 32.2 Å². The number of rotatable bonds is 6. The topological polar surface area (TPSA) is 41.1 Å². The van der Waals surface area contributed by atoms with Crippen LogP contribution in [-0.2, 0) is 0 Å². The predicted molar refractivity (Wildman–Crippen MR) is 74.1 cm³/mol. The summed E-state index contributed by atoms with van der Waals surface area (Å²) in [7, 11) is 0. The highest BCUT2D eigenvalue weighted by atomic mass is 16.2. The van der Waals surface area contributed by atoms with Gasteiger partial charge in [0.15, 0.2) is 0 Å². The highest BCUT2D eigenvalue weighted by molar-refractivity contribution is 5.74. The Bertz CT molecular complexity index is 395. The fourth-order valence-corrected chi connectivity index (χ4v) is 1.64. The van der Waals surface area contributed by atoms with Crippen molar-refractivity contribution in [2.75, 3.05) is 6.54 Å². The molecule has 0 unspecified atom stereocenters. The van der Waals surface area contributed by atoms with E-state index >= 15 is 0 Å². The molecular formula is C15H20N2O. The molecule has 0 fully saturated rings. The average molecular weight is 244 g/mol. The zero-order valence-corrected chi connectivity index (χ0v) is 10.8. The van der Waals surface area contributed by atoms with Crippen LogP contribution >= 0.6 is 0 Å². The summed E-state index contributed by atoms with van der Waals surface area (Å²) < 4.78 is 0. The van der Waals surface area contributed by atoms with Gasteiger partial charge < -0.3 is 10.6 Å². The molecule has 18 heavy (non-hydrogen) atoms. The molecule has 2 amide bonds. The van der Waals surface area contributed by atoms with Gasteiger partial charge in [-0.05, 0) is 12.0 Å². The van der Waals surface area contributed by atoms with Crippen molar-refractivity contribution < 1.29 is 4.79 Å². The maximum Gasteiger partial charge on any atom is 0.315 e. The minimum atomic E-state index is -0.160. The lowest BCUT2D eigenvalue weighted by Crippen LogP contribution is -2.38. The monoisotopic (exact) mass is 244 g/mol. The minimum absolute atomic E-state index is 0.127. The quantitative estimate of drug-likeness (QED) is 0.586. The van der Waals surface area contributed by atoms with Crippen LogP contribution < -0.4 is 10.6 Å². The molecule has 0 saturated carbocycles. The van der Waals surface area contributed by atoms with Crippen LogP contribution in [0.2, 0.25) is 0 Å². The van der Waals surface area contributed by atoms with E-state index in [-0.39, 0.29) is 12.1 Å². The standard InChI is InChI=1S/C15H20N2O/c1-3-5-12-16-15(18)17-14(9-4-2)13-10-7-6-8-11-13/h2,6-8,10-11,14H,3,5,9,12H2,1H3,(H2,16,17,18)/t14-/m1/s1. The molecule has 0 spiro atoms. The van der Waals surface area contributed by atoms with Gasteiger partial charge in [0.2, 0.25) is 0 Å². The first kappa shape index (κ1) is 14.1. The number of amides is 2. The van der Waals surface area contributed by atoms with Crippen molar-refractivity contribution in [2.24, 2.45) is 0 Å². The van der Waals surface area contributed by atoms with Crippen LogP contribution in [0, 0.1) is 12.3 Å². The summed E-state index contributed by atoms with van der Waals surface area (Å²) in [6.07, 6.45) is 7.88. The summed E-state index contributed by atoms with van der Waals surface area (Å²) in [5, 5.41) is 5.72. The molecule has 0 aliphatic carbocycles. The van der Waals surface area contributed by atoms with Gasteiger partial charge in [-0.1, -0.05) is 43.7 Å². The van der Waals surface area contributed by atoms with Gasteiger partial charge in [-0.3, -0.25) is 0 Å². The Morgan fingerprint density at radius 3 is 2.72 bits per heavy atom. The van der Waals surface area contributed by atoms with Crippen molar-refractivity contribution in [3.63, 3.8) is 0 Å². The van der Waals surface area contributed by atoms with Gasteiger partial charge >= 0.3 is 6.03 Å². The Morgan fingerprint density at radius 1 is 1.39 bits per heavy atom. The molecule has 3 heteroatoms. The summed E-state index contributed by atoms with van der Waals surface area (Å²) >= 11 is 0. The molecule has 0 aliphatic heterocycles. The van der Waals surface area contributed by atoms with Gasteiger partial charge in [0.05, 0.1) is 6.04 Å². The van der Waals surface area contributed by atoms with Crippen LogP contribution in [0.1, 0.15) is 37.8 Å². The van der Waals surface area contributed by atoms with E-state index in [4.69, 9.17) is 6.42 Å². The van der Waals surface area contributed by atoms with E-state index in [1.807, 2.05) is 30.3 Å². The summed E-state index contributed by atoms with van der Waals surface area (Å²) in [5.41, 5.74) is 1.03. The molecule has 1 atom stereocenters. The van der Waals surface area contributed by atoms with Crippen LogP contribution in [0.5, 0.6) is 0 Å². The molecular weight excluding hydrogens is 224 g/mol. The van der Waals surface area contributed by atoms with E-state index < -0.39 is 0 Å². The van der Waals surface area contributed by atoms with Gasteiger partial charge in [0.1, 0.15) is 0 Å². The number of benzene rings is 1. The molecule has 0 bridgehead atoms. The first-order valence-corrected chi connectivity index (χ1v) is 6.30. The summed E-state index contributed by atoms with van der Waals surface area (Å²) in [4.78, 5) is 11.7. The first-order valence-electron chi connectivity index (χ1n) is 6.30. The molecule has 0 aromatic heterocycles. The number of urea groups is 1. The molecule has 96 valence electrons. The molecule has 1 aromatic carbocycles. The number of carbonyl (C=O) groups is 1. The number of hydrogen-bond donors (Lipinski definition) is 2. The van der Waals surface area contributed by atoms with Crippen LogP contribution in [-0.4, -0.2) is 12.6 Å². The van der Waals surface area contributed by atoms with Crippen molar-refractivity contribution >= 4 is 6.03 Å². The van der Waals surface area contributed by atoms with Crippen molar-refractivity contribution in [3.8, 4) is 12.3 Å². The van der Waals surface area contributed by atoms with E-state index in [2.05, 4.69) is 23.5 Å². The molecule has 0 aliphatic rings. The second kappa shape index (κ2) is 8.19. The molecule has 3 nitrogen and oxygen atoms in total. The van der Waals surface area contributed by atoms with E-state index in [1.54, 1.807) is 0 Å². The second-order valence-corrected chi connectivity index (χ2v) is 4.13. The third-order valence-corrected chi connectivity index (χ3v) is 2.65. The Labute approximate surface area is 109 Å². The fourth-order valence-electron chi connectivity index (χ4n) is 1.64.